The van der Waals surface area contributed by atoms with Gasteiger partial charge in [0, 0.05) is 12.6 Å². The Hall–Kier alpha value is -1.39. The summed E-state index contributed by atoms with van der Waals surface area (Å²) in [6, 6.07) is 0.00378. The summed E-state index contributed by atoms with van der Waals surface area (Å²) in [5.41, 5.74) is 0. The SMILES string of the molecule is COC(=O)C1CCCN1S(=O)(=O)c1cc(C(=O)O)oc1Br. The highest BCUT2D eigenvalue weighted by molar-refractivity contribution is 9.10. The van der Waals surface area contributed by atoms with Crippen molar-refractivity contribution >= 4 is 37.9 Å². The van der Waals surface area contributed by atoms with E-state index in [1.54, 1.807) is 0 Å². The Labute approximate surface area is 128 Å². The third-order valence-corrected chi connectivity index (χ3v) is 5.89. The number of nitrogens with zero attached hydrogens (tertiary/aromatic N) is 1. The van der Waals surface area contributed by atoms with Gasteiger partial charge in [-0.15, -0.1) is 0 Å². The summed E-state index contributed by atoms with van der Waals surface area (Å²) in [5, 5.41) is 8.83. The summed E-state index contributed by atoms with van der Waals surface area (Å²) in [6.45, 7) is 0.155. The Morgan fingerprint density at radius 1 is 1.52 bits per heavy atom. The number of rotatable bonds is 4. The highest BCUT2D eigenvalue weighted by Crippen LogP contribution is 2.33. The van der Waals surface area contributed by atoms with Crippen molar-refractivity contribution in [2.24, 2.45) is 0 Å². The maximum Gasteiger partial charge on any atom is 0.371 e. The van der Waals surface area contributed by atoms with Gasteiger partial charge in [0.1, 0.15) is 10.9 Å². The first-order chi connectivity index (χ1) is 9.78. The second kappa shape index (κ2) is 5.78. The summed E-state index contributed by atoms with van der Waals surface area (Å²) in [5.74, 6) is -2.54. The quantitative estimate of drug-likeness (QED) is 0.775. The van der Waals surface area contributed by atoms with E-state index in [0.29, 0.717) is 12.8 Å². The molecule has 0 bridgehead atoms. The van der Waals surface area contributed by atoms with E-state index in [2.05, 4.69) is 20.7 Å². The lowest BCUT2D eigenvalue weighted by molar-refractivity contribution is -0.144. The molecular formula is C11H12BrNO7S. The van der Waals surface area contributed by atoms with Gasteiger partial charge in [-0.25, -0.2) is 13.2 Å². The van der Waals surface area contributed by atoms with Crippen molar-refractivity contribution in [1.29, 1.82) is 0 Å². The van der Waals surface area contributed by atoms with E-state index >= 15 is 0 Å². The number of carbonyl (C=O) groups excluding carboxylic acids is 1. The number of ether oxygens (including phenoxy) is 1. The number of sulfonamides is 1. The number of aromatic carboxylic acids is 1. The highest BCUT2D eigenvalue weighted by Gasteiger charge is 2.42. The molecule has 8 nitrogen and oxygen atoms in total. The minimum Gasteiger partial charge on any atom is -0.475 e. The van der Waals surface area contributed by atoms with Crippen LogP contribution < -0.4 is 0 Å². The van der Waals surface area contributed by atoms with Gasteiger partial charge in [0.05, 0.1) is 7.11 Å². The molecule has 1 aliphatic rings. The van der Waals surface area contributed by atoms with Gasteiger partial charge >= 0.3 is 11.9 Å². The standard InChI is InChI=1S/C11H12BrNO7S/c1-19-11(16)6-3-2-4-13(6)21(17,18)8-5-7(10(14)15)20-9(8)12/h5-6H,2-4H2,1H3,(H,14,15). The van der Waals surface area contributed by atoms with E-state index in [9.17, 15) is 18.0 Å². The third-order valence-electron chi connectivity index (χ3n) is 3.13. The molecule has 1 N–H and O–H groups in total. The molecule has 116 valence electrons. The molecule has 1 fully saturated rings. The number of carbonyl (C=O) groups is 2. The van der Waals surface area contributed by atoms with Crippen LogP contribution in [0.2, 0.25) is 0 Å². The number of carboxylic acid groups (broad SMARTS) is 1. The predicted molar refractivity (Wildman–Crippen MR) is 72.3 cm³/mol. The zero-order valence-corrected chi connectivity index (χ0v) is 13.3. The van der Waals surface area contributed by atoms with Crippen LogP contribution in [-0.2, 0) is 19.6 Å². The molecule has 1 aliphatic heterocycles. The molecule has 10 heteroatoms. The van der Waals surface area contributed by atoms with E-state index in [4.69, 9.17) is 9.52 Å². The smallest absolute Gasteiger partial charge is 0.371 e. The van der Waals surface area contributed by atoms with Gasteiger partial charge in [-0.1, -0.05) is 0 Å². The second-order valence-corrected chi connectivity index (χ2v) is 6.93. The first kappa shape index (κ1) is 16.0. The van der Waals surface area contributed by atoms with Crippen LogP contribution in [0.4, 0.5) is 0 Å². The molecule has 0 aliphatic carbocycles. The largest absolute Gasteiger partial charge is 0.475 e. The van der Waals surface area contributed by atoms with Crippen molar-refractivity contribution in [1.82, 2.24) is 4.31 Å². The molecule has 1 aromatic rings. The van der Waals surface area contributed by atoms with Crippen LogP contribution in [0, 0.1) is 0 Å². The van der Waals surface area contributed by atoms with Crippen molar-refractivity contribution in [3.05, 3.63) is 16.5 Å². The van der Waals surface area contributed by atoms with Gasteiger partial charge in [0.15, 0.2) is 4.67 Å². The van der Waals surface area contributed by atoms with Gasteiger partial charge in [-0.2, -0.15) is 4.31 Å². The fraction of sp³-hybridized carbons (Fsp3) is 0.455. The maximum atomic E-state index is 12.6. The number of methoxy groups -OCH3 is 1. The molecule has 1 unspecified atom stereocenters. The zero-order valence-electron chi connectivity index (χ0n) is 10.9. The topological polar surface area (TPSA) is 114 Å². The average Bonchev–Trinajstić information content (AvgIpc) is 3.04. The number of esters is 1. The molecule has 0 aromatic carbocycles. The molecule has 0 amide bonds. The van der Waals surface area contributed by atoms with E-state index in [1.165, 1.54) is 7.11 Å². The third kappa shape index (κ3) is 2.83. The van der Waals surface area contributed by atoms with Crippen LogP contribution in [0.25, 0.3) is 0 Å². The first-order valence-corrected chi connectivity index (χ1v) is 8.14. The molecule has 0 radical (unpaired) electrons. The van der Waals surface area contributed by atoms with Crippen LogP contribution in [0.5, 0.6) is 0 Å². The summed E-state index contributed by atoms with van der Waals surface area (Å²) < 4.78 is 35.3. The molecular weight excluding hydrogens is 370 g/mol. The average molecular weight is 382 g/mol. The van der Waals surface area contributed by atoms with Crippen LogP contribution in [0.15, 0.2) is 20.0 Å². The molecule has 1 saturated heterocycles. The van der Waals surface area contributed by atoms with Crippen LogP contribution in [0.1, 0.15) is 23.4 Å². The Bertz CT molecular complexity index is 681. The van der Waals surface area contributed by atoms with Crippen molar-refractivity contribution in [2.45, 2.75) is 23.8 Å². The Morgan fingerprint density at radius 2 is 2.19 bits per heavy atom. The number of carboxylic acids is 1. The van der Waals surface area contributed by atoms with Gasteiger partial charge in [-0.05, 0) is 28.8 Å². The normalized spacial score (nSPS) is 19.6. The summed E-state index contributed by atoms with van der Waals surface area (Å²) in [6.07, 6.45) is 0.868. The number of hydrogen-bond acceptors (Lipinski definition) is 6. The summed E-state index contributed by atoms with van der Waals surface area (Å²) in [4.78, 5) is 22.2. The van der Waals surface area contributed by atoms with Crippen molar-refractivity contribution in [3.8, 4) is 0 Å². The van der Waals surface area contributed by atoms with E-state index in [1.807, 2.05) is 0 Å². The molecule has 1 aromatic heterocycles. The lowest BCUT2D eigenvalue weighted by atomic mass is 10.2. The lowest BCUT2D eigenvalue weighted by Crippen LogP contribution is -2.41. The van der Waals surface area contributed by atoms with E-state index in [0.717, 1.165) is 10.4 Å². The molecule has 1 atom stereocenters. The van der Waals surface area contributed by atoms with Crippen LogP contribution in [0.3, 0.4) is 0 Å². The molecule has 2 heterocycles. The fourth-order valence-corrected chi connectivity index (χ4v) is 4.71. The van der Waals surface area contributed by atoms with Crippen molar-refractivity contribution in [2.75, 3.05) is 13.7 Å². The predicted octanol–water partition coefficient (Wildman–Crippen LogP) is 1.07. The van der Waals surface area contributed by atoms with Crippen molar-refractivity contribution < 1.29 is 32.3 Å². The van der Waals surface area contributed by atoms with E-state index in [-0.39, 0.29) is 16.1 Å². The van der Waals surface area contributed by atoms with Crippen LogP contribution >= 0.6 is 15.9 Å². The summed E-state index contributed by atoms with van der Waals surface area (Å²) in [7, 11) is -2.88. The minimum absolute atomic E-state index is 0.155. The first-order valence-electron chi connectivity index (χ1n) is 5.91. The molecule has 21 heavy (non-hydrogen) atoms. The fourth-order valence-electron chi connectivity index (χ4n) is 2.16. The van der Waals surface area contributed by atoms with E-state index < -0.39 is 33.8 Å². The second-order valence-electron chi connectivity index (χ2n) is 4.35. The Kier molecular flexibility index (Phi) is 4.40. The molecule has 0 saturated carbocycles. The Morgan fingerprint density at radius 3 is 2.71 bits per heavy atom. The molecule has 0 spiro atoms. The van der Waals surface area contributed by atoms with Crippen molar-refractivity contribution in [3.63, 3.8) is 0 Å². The molecule has 2 rings (SSSR count). The van der Waals surface area contributed by atoms with Gasteiger partial charge < -0.3 is 14.3 Å². The number of furan rings is 1. The highest BCUT2D eigenvalue weighted by atomic mass is 79.9. The van der Waals surface area contributed by atoms with Gasteiger partial charge in [0.25, 0.3) is 0 Å². The van der Waals surface area contributed by atoms with Gasteiger partial charge in [-0.3, -0.25) is 4.79 Å². The number of hydrogen-bond donors (Lipinski definition) is 1. The minimum atomic E-state index is -4.06. The van der Waals surface area contributed by atoms with Gasteiger partial charge in [0.2, 0.25) is 15.8 Å². The Balaban J connectivity index is 2.42. The lowest BCUT2D eigenvalue weighted by Gasteiger charge is -2.21. The zero-order chi connectivity index (χ0) is 15.8. The maximum absolute atomic E-state index is 12.6. The van der Waals surface area contributed by atoms with Crippen LogP contribution in [-0.4, -0.2) is 49.5 Å². The number of halogens is 1. The monoisotopic (exact) mass is 381 g/mol. The summed E-state index contributed by atoms with van der Waals surface area (Å²) >= 11 is 2.89.